The number of halogens is 16. The highest BCUT2D eigenvalue weighted by Crippen LogP contribution is 2.57. The normalized spacial score (nSPS) is 16.8. The summed E-state index contributed by atoms with van der Waals surface area (Å²) in [5.74, 6) is -9.22. The van der Waals surface area contributed by atoms with Crippen LogP contribution in [-0.2, 0) is 24.6 Å². The minimum atomic E-state index is -7.35. The zero-order valence-corrected chi connectivity index (χ0v) is 20.2. The van der Waals surface area contributed by atoms with Crippen LogP contribution in [0.15, 0.2) is 12.7 Å². The number of alkyl halides is 11. The average molecular weight is 648 g/mol. The third-order valence-electron chi connectivity index (χ3n) is 3.97. The van der Waals surface area contributed by atoms with Crippen LogP contribution in [0.2, 0.25) is 25.1 Å². The zero-order valence-electron chi connectivity index (χ0n) is 16.5. The number of benzene rings is 1. The molecule has 0 heterocycles. The van der Waals surface area contributed by atoms with E-state index in [0.717, 1.165) is 0 Å². The molecule has 0 aliphatic rings. The highest BCUT2D eigenvalue weighted by atomic mass is 35.5. The molecule has 2 unspecified atom stereocenters. The second-order valence-corrected chi connectivity index (χ2v) is 8.27. The van der Waals surface area contributed by atoms with Crippen LogP contribution in [0.25, 0.3) is 0 Å². The third-order valence-corrected chi connectivity index (χ3v) is 6.24. The van der Waals surface area contributed by atoms with Gasteiger partial charge in [0.2, 0.25) is 5.60 Å². The van der Waals surface area contributed by atoms with Gasteiger partial charge in [-0.25, -0.2) is 9.53 Å². The molecule has 0 fully saturated rings. The van der Waals surface area contributed by atoms with Gasteiger partial charge in [-0.15, -0.1) is 13.2 Å². The molecule has 0 aliphatic heterocycles. The first-order valence-electron chi connectivity index (χ1n) is 8.15. The third kappa shape index (κ3) is 6.02. The summed E-state index contributed by atoms with van der Waals surface area (Å²) in [6.45, 7) is 2.68. The van der Waals surface area contributed by atoms with E-state index in [2.05, 4.69) is 16.1 Å². The van der Waals surface area contributed by atoms with Crippen LogP contribution in [0.4, 0.5) is 48.3 Å². The van der Waals surface area contributed by atoms with Gasteiger partial charge >= 0.3 is 36.6 Å². The smallest absolute Gasteiger partial charge is 0.442 e. The van der Waals surface area contributed by atoms with Gasteiger partial charge in [0.05, 0.1) is 25.1 Å². The van der Waals surface area contributed by atoms with Crippen molar-refractivity contribution in [2.75, 3.05) is 0 Å². The lowest BCUT2D eigenvalue weighted by Crippen LogP contribution is -2.65. The number of carbonyl (C=O) groups excluding carboxylic acids is 1. The van der Waals surface area contributed by atoms with Crippen molar-refractivity contribution in [2.45, 2.75) is 43.1 Å². The lowest BCUT2D eigenvalue weighted by molar-refractivity contribution is -0.548. The molecule has 0 amide bonds. The fraction of sp³-hybridized carbons (Fsp3) is 0.438. The van der Waals surface area contributed by atoms with Gasteiger partial charge in [0.25, 0.3) is 0 Å². The molecule has 0 bridgehead atoms. The predicted molar refractivity (Wildman–Crippen MR) is 103 cm³/mol. The van der Waals surface area contributed by atoms with E-state index in [1.165, 1.54) is 0 Å². The second-order valence-electron chi connectivity index (χ2n) is 6.38. The predicted octanol–water partition coefficient (Wildman–Crippen LogP) is 8.86. The van der Waals surface area contributed by atoms with E-state index in [1.54, 1.807) is 4.74 Å². The van der Waals surface area contributed by atoms with Crippen molar-refractivity contribution in [3.63, 3.8) is 0 Å². The van der Waals surface area contributed by atoms with Crippen LogP contribution in [0.5, 0.6) is 0 Å². The molecule has 36 heavy (non-hydrogen) atoms. The molecule has 0 saturated carbocycles. The van der Waals surface area contributed by atoms with E-state index in [0.29, 0.717) is 0 Å². The highest BCUT2D eigenvalue weighted by Gasteiger charge is 2.81. The number of esters is 1. The van der Waals surface area contributed by atoms with Crippen LogP contribution >= 0.6 is 58.0 Å². The molecule has 1 aromatic rings. The van der Waals surface area contributed by atoms with Gasteiger partial charge in [0.1, 0.15) is 0 Å². The average Bonchev–Trinajstić information content (AvgIpc) is 2.67. The minimum absolute atomic E-state index is 0.100. The fourth-order valence-electron chi connectivity index (χ4n) is 2.29. The van der Waals surface area contributed by atoms with E-state index >= 15 is 8.78 Å². The molecule has 0 N–H and O–H groups in total. The quantitative estimate of drug-likeness (QED) is 0.0929. The van der Waals surface area contributed by atoms with Gasteiger partial charge in [0, 0.05) is 11.6 Å². The monoisotopic (exact) mass is 646 g/mol. The van der Waals surface area contributed by atoms with E-state index in [9.17, 15) is 44.3 Å². The maximum absolute atomic E-state index is 15.2. The topological polar surface area (TPSA) is 44.8 Å². The molecule has 0 aliphatic carbocycles. The maximum Gasteiger partial charge on any atom is 0.527 e. The first-order valence-corrected chi connectivity index (χ1v) is 10.0. The lowest BCUT2D eigenvalue weighted by atomic mass is 9.93. The molecule has 4 nitrogen and oxygen atoms in total. The van der Waals surface area contributed by atoms with Crippen molar-refractivity contribution in [1.29, 1.82) is 0 Å². The molecule has 1 aromatic carbocycles. The Balaban J connectivity index is 4.02. The molecule has 0 spiro atoms. The van der Waals surface area contributed by atoms with Crippen molar-refractivity contribution in [1.82, 2.24) is 0 Å². The Morgan fingerprint density at radius 2 is 1.11 bits per heavy atom. The van der Waals surface area contributed by atoms with Gasteiger partial charge in [-0.2, -0.15) is 35.1 Å². The van der Waals surface area contributed by atoms with Crippen LogP contribution < -0.4 is 0 Å². The summed E-state index contributed by atoms with van der Waals surface area (Å²) in [4.78, 5) is 11.7. The van der Waals surface area contributed by atoms with E-state index in [1.807, 2.05) is 0 Å². The number of hydrogen-bond donors (Lipinski definition) is 0. The van der Waals surface area contributed by atoms with Gasteiger partial charge in [-0.1, -0.05) is 64.6 Å². The summed E-state index contributed by atoms with van der Waals surface area (Å²) >= 11 is 28.4. The van der Waals surface area contributed by atoms with Crippen molar-refractivity contribution >= 4 is 64.0 Å². The SMILES string of the molecule is C=CC(=O)OC(C)(c1c(Cl)c(Cl)c(Cl)c(Cl)c1Cl)C(F)(F)OC(F)(C(F)(F)F)C(F)(F)OC(F)(F)F. The second kappa shape index (κ2) is 10.3. The summed E-state index contributed by atoms with van der Waals surface area (Å²) in [6, 6.07) is 0. The maximum atomic E-state index is 15.2. The summed E-state index contributed by atoms with van der Waals surface area (Å²) in [5, 5.41) is -5.19. The van der Waals surface area contributed by atoms with Gasteiger partial charge in [0.15, 0.2) is 0 Å². The Hall–Kier alpha value is -0.970. The van der Waals surface area contributed by atoms with Gasteiger partial charge in [-0.05, 0) is 6.92 Å². The zero-order chi connectivity index (χ0) is 28.9. The Kier molecular flexibility index (Phi) is 9.46. The fourth-order valence-corrected chi connectivity index (χ4v) is 3.79. The van der Waals surface area contributed by atoms with Crippen molar-refractivity contribution in [3.8, 4) is 0 Å². The van der Waals surface area contributed by atoms with Crippen molar-refractivity contribution in [3.05, 3.63) is 43.3 Å². The van der Waals surface area contributed by atoms with Crippen LogP contribution in [0, 0.1) is 0 Å². The number of rotatable bonds is 8. The van der Waals surface area contributed by atoms with E-state index in [4.69, 9.17) is 58.0 Å². The molecule has 0 aromatic heterocycles. The lowest BCUT2D eigenvalue weighted by Gasteiger charge is -2.42. The molecule has 206 valence electrons. The summed E-state index contributed by atoms with van der Waals surface area (Å²) in [5.41, 5.74) is -5.88. The van der Waals surface area contributed by atoms with Crippen LogP contribution in [0.1, 0.15) is 12.5 Å². The number of ether oxygens (including phenoxy) is 3. The molecular formula is C16H6Cl5F11O4. The Morgan fingerprint density at radius 1 is 0.722 bits per heavy atom. The molecule has 20 heteroatoms. The summed E-state index contributed by atoms with van der Waals surface area (Å²) in [6.07, 6.45) is -27.4. The molecule has 0 saturated heterocycles. The van der Waals surface area contributed by atoms with Crippen LogP contribution in [0.3, 0.4) is 0 Å². The standard InChI is InChI=1S/C16H6Cl5F11O4/c1-3-4(33)34-11(2,5-6(17)8(19)10(21)9(20)7(5)18)14(26,27)35-12(22,13(23,24)25)15(28,29)36-16(30,31)32/h3H,1H2,2H3. The van der Waals surface area contributed by atoms with E-state index in [-0.39, 0.29) is 13.0 Å². The number of hydrogen-bond acceptors (Lipinski definition) is 4. The largest absolute Gasteiger partial charge is 0.527 e. The van der Waals surface area contributed by atoms with Gasteiger partial charge < -0.3 is 4.74 Å². The van der Waals surface area contributed by atoms with Crippen molar-refractivity contribution in [2.24, 2.45) is 0 Å². The highest BCUT2D eigenvalue weighted by molar-refractivity contribution is 6.55. The van der Waals surface area contributed by atoms with Crippen LogP contribution in [-0.4, -0.2) is 36.6 Å². The van der Waals surface area contributed by atoms with Gasteiger partial charge in [-0.3, -0.25) is 4.74 Å². The summed E-state index contributed by atoms with van der Waals surface area (Å²) in [7, 11) is 0. The Bertz CT molecular complexity index is 1020. The molecule has 1 rings (SSSR count). The minimum Gasteiger partial charge on any atom is -0.442 e. The number of carbonyl (C=O) groups is 1. The Morgan fingerprint density at radius 3 is 1.44 bits per heavy atom. The molecule has 2 atom stereocenters. The molecular weight excluding hydrogens is 642 g/mol. The molecule has 0 radical (unpaired) electrons. The van der Waals surface area contributed by atoms with E-state index < -0.39 is 72.9 Å². The van der Waals surface area contributed by atoms with Crippen molar-refractivity contribution < 1.29 is 67.3 Å². The Labute approximate surface area is 217 Å². The first-order chi connectivity index (χ1) is 15.8. The summed E-state index contributed by atoms with van der Waals surface area (Å²) < 4.78 is 157. The first kappa shape index (κ1) is 33.1.